The van der Waals surface area contributed by atoms with E-state index in [9.17, 15) is 0 Å². The quantitative estimate of drug-likeness (QED) is 0.780. The van der Waals surface area contributed by atoms with Crippen molar-refractivity contribution in [2.75, 3.05) is 6.54 Å². The standard InChI is InChI=1S/C10H17NO2/c1-10(2,3)13-9(7-11)8-5-4-6-12-8/h4-6,9H,7,11H2,1-3H3. The average molecular weight is 183 g/mol. The normalized spacial score (nSPS) is 14.5. The summed E-state index contributed by atoms with van der Waals surface area (Å²) in [5.74, 6) is 0.789. The Morgan fingerprint density at radius 3 is 2.62 bits per heavy atom. The van der Waals surface area contributed by atoms with Crippen LogP contribution in [0.25, 0.3) is 0 Å². The van der Waals surface area contributed by atoms with E-state index in [-0.39, 0.29) is 11.7 Å². The van der Waals surface area contributed by atoms with E-state index in [1.165, 1.54) is 0 Å². The minimum absolute atomic E-state index is 0.144. The maximum atomic E-state index is 5.71. The fourth-order valence-electron chi connectivity index (χ4n) is 1.12. The van der Waals surface area contributed by atoms with Crippen molar-refractivity contribution in [2.45, 2.75) is 32.5 Å². The number of hydrogen-bond acceptors (Lipinski definition) is 3. The van der Waals surface area contributed by atoms with Crippen LogP contribution in [0.15, 0.2) is 22.8 Å². The summed E-state index contributed by atoms with van der Waals surface area (Å²) in [4.78, 5) is 0. The van der Waals surface area contributed by atoms with Crippen molar-refractivity contribution in [3.05, 3.63) is 24.2 Å². The van der Waals surface area contributed by atoms with E-state index < -0.39 is 0 Å². The predicted octanol–water partition coefficient (Wildman–Crippen LogP) is 2.09. The topological polar surface area (TPSA) is 48.4 Å². The highest BCUT2D eigenvalue weighted by atomic mass is 16.5. The molecule has 74 valence electrons. The highest BCUT2D eigenvalue weighted by Crippen LogP contribution is 2.22. The van der Waals surface area contributed by atoms with E-state index in [1.807, 2.05) is 32.9 Å². The maximum Gasteiger partial charge on any atom is 0.133 e. The van der Waals surface area contributed by atoms with E-state index in [0.717, 1.165) is 5.76 Å². The number of rotatable bonds is 3. The maximum absolute atomic E-state index is 5.71. The van der Waals surface area contributed by atoms with Crippen molar-refractivity contribution in [2.24, 2.45) is 5.73 Å². The highest BCUT2D eigenvalue weighted by molar-refractivity contribution is 5.03. The third kappa shape index (κ3) is 3.20. The zero-order valence-electron chi connectivity index (χ0n) is 8.41. The fraction of sp³-hybridized carbons (Fsp3) is 0.600. The van der Waals surface area contributed by atoms with Crippen molar-refractivity contribution in [3.8, 4) is 0 Å². The van der Waals surface area contributed by atoms with Gasteiger partial charge in [-0.2, -0.15) is 0 Å². The van der Waals surface area contributed by atoms with Crippen LogP contribution >= 0.6 is 0 Å². The van der Waals surface area contributed by atoms with Gasteiger partial charge in [0, 0.05) is 6.54 Å². The van der Waals surface area contributed by atoms with Gasteiger partial charge >= 0.3 is 0 Å². The van der Waals surface area contributed by atoms with Gasteiger partial charge in [0.1, 0.15) is 11.9 Å². The molecule has 2 N–H and O–H groups in total. The molecule has 1 aromatic heterocycles. The van der Waals surface area contributed by atoms with Gasteiger partial charge in [0.25, 0.3) is 0 Å². The molecule has 0 saturated heterocycles. The van der Waals surface area contributed by atoms with E-state index in [1.54, 1.807) is 6.26 Å². The summed E-state index contributed by atoms with van der Waals surface area (Å²) < 4.78 is 10.9. The number of furan rings is 1. The van der Waals surface area contributed by atoms with Crippen molar-refractivity contribution in [1.29, 1.82) is 0 Å². The van der Waals surface area contributed by atoms with Crippen molar-refractivity contribution >= 4 is 0 Å². The summed E-state index contributed by atoms with van der Waals surface area (Å²) in [6.07, 6.45) is 1.49. The summed E-state index contributed by atoms with van der Waals surface area (Å²) in [5, 5.41) is 0. The second-order valence-corrected chi connectivity index (χ2v) is 3.97. The summed E-state index contributed by atoms with van der Waals surface area (Å²) in [6.45, 7) is 6.43. The Balaban J connectivity index is 2.64. The monoisotopic (exact) mass is 183 g/mol. The van der Waals surface area contributed by atoms with Gasteiger partial charge in [0.05, 0.1) is 11.9 Å². The van der Waals surface area contributed by atoms with E-state index >= 15 is 0 Å². The van der Waals surface area contributed by atoms with Gasteiger partial charge in [-0.1, -0.05) is 0 Å². The highest BCUT2D eigenvalue weighted by Gasteiger charge is 2.20. The van der Waals surface area contributed by atoms with E-state index in [4.69, 9.17) is 14.9 Å². The smallest absolute Gasteiger partial charge is 0.133 e. The molecule has 0 aliphatic carbocycles. The van der Waals surface area contributed by atoms with Crippen molar-refractivity contribution in [3.63, 3.8) is 0 Å². The Kier molecular flexibility index (Phi) is 3.12. The molecular formula is C10H17NO2. The minimum Gasteiger partial charge on any atom is -0.467 e. The van der Waals surface area contributed by atoms with Crippen LogP contribution in [0.2, 0.25) is 0 Å². The lowest BCUT2D eigenvalue weighted by atomic mass is 10.1. The van der Waals surface area contributed by atoms with Crippen LogP contribution in [0.4, 0.5) is 0 Å². The average Bonchev–Trinajstić information content (AvgIpc) is 2.50. The van der Waals surface area contributed by atoms with E-state index in [0.29, 0.717) is 6.54 Å². The van der Waals surface area contributed by atoms with Gasteiger partial charge in [0.2, 0.25) is 0 Å². The fourth-order valence-corrected chi connectivity index (χ4v) is 1.12. The second kappa shape index (κ2) is 3.94. The molecule has 1 rings (SSSR count). The molecule has 3 heteroatoms. The lowest BCUT2D eigenvalue weighted by Gasteiger charge is -2.25. The van der Waals surface area contributed by atoms with Gasteiger partial charge in [-0.05, 0) is 32.9 Å². The first-order valence-electron chi connectivity index (χ1n) is 4.44. The zero-order chi connectivity index (χ0) is 9.90. The van der Waals surface area contributed by atoms with Crippen LogP contribution in [0.3, 0.4) is 0 Å². The van der Waals surface area contributed by atoms with Gasteiger partial charge in [-0.25, -0.2) is 0 Å². The lowest BCUT2D eigenvalue weighted by Crippen LogP contribution is -2.26. The third-order valence-corrected chi connectivity index (χ3v) is 1.57. The number of ether oxygens (including phenoxy) is 1. The summed E-state index contributed by atoms with van der Waals surface area (Å²) >= 11 is 0. The Hall–Kier alpha value is -0.800. The molecule has 0 aliphatic heterocycles. The van der Waals surface area contributed by atoms with Crippen molar-refractivity contribution < 1.29 is 9.15 Å². The molecule has 3 nitrogen and oxygen atoms in total. The molecule has 0 aromatic carbocycles. The zero-order valence-corrected chi connectivity index (χ0v) is 8.41. The van der Waals surface area contributed by atoms with Gasteiger partial charge in [-0.15, -0.1) is 0 Å². The molecule has 1 unspecified atom stereocenters. The molecule has 0 aliphatic rings. The number of hydrogen-bond donors (Lipinski definition) is 1. The molecule has 13 heavy (non-hydrogen) atoms. The number of nitrogens with two attached hydrogens (primary N) is 1. The summed E-state index contributed by atoms with van der Waals surface area (Å²) in [6, 6.07) is 3.72. The summed E-state index contributed by atoms with van der Waals surface area (Å²) in [5.41, 5.74) is 5.39. The first-order chi connectivity index (χ1) is 6.03. The SMILES string of the molecule is CC(C)(C)OC(CN)c1ccco1. The van der Waals surface area contributed by atoms with Crippen LogP contribution in [0.1, 0.15) is 32.6 Å². The van der Waals surface area contributed by atoms with Gasteiger partial charge in [0.15, 0.2) is 0 Å². The van der Waals surface area contributed by atoms with Crippen LogP contribution in [-0.2, 0) is 4.74 Å². The molecule has 1 atom stereocenters. The molecule has 0 amide bonds. The molecule has 1 aromatic rings. The second-order valence-electron chi connectivity index (χ2n) is 3.97. The Morgan fingerprint density at radius 1 is 1.54 bits per heavy atom. The Labute approximate surface area is 78.9 Å². The van der Waals surface area contributed by atoms with E-state index in [2.05, 4.69) is 0 Å². The summed E-state index contributed by atoms with van der Waals surface area (Å²) in [7, 11) is 0. The molecule has 1 heterocycles. The largest absolute Gasteiger partial charge is 0.467 e. The first kappa shape index (κ1) is 10.3. The molecule has 0 bridgehead atoms. The Bertz CT molecular complexity index is 236. The van der Waals surface area contributed by atoms with Crippen LogP contribution in [-0.4, -0.2) is 12.1 Å². The molecule has 0 fully saturated rings. The van der Waals surface area contributed by atoms with Crippen LogP contribution < -0.4 is 5.73 Å². The molecule has 0 saturated carbocycles. The van der Waals surface area contributed by atoms with Gasteiger partial charge < -0.3 is 14.9 Å². The van der Waals surface area contributed by atoms with Crippen LogP contribution in [0, 0.1) is 0 Å². The molecule has 0 spiro atoms. The van der Waals surface area contributed by atoms with Gasteiger partial charge in [-0.3, -0.25) is 0 Å². The molecular weight excluding hydrogens is 166 g/mol. The lowest BCUT2D eigenvalue weighted by molar-refractivity contribution is -0.0656. The Morgan fingerprint density at radius 2 is 2.23 bits per heavy atom. The van der Waals surface area contributed by atoms with Crippen LogP contribution in [0.5, 0.6) is 0 Å². The third-order valence-electron chi connectivity index (χ3n) is 1.57. The first-order valence-corrected chi connectivity index (χ1v) is 4.44. The predicted molar refractivity (Wildman–Crippen MR) is 51.3 cm³/mol. The molecule has 0 radical (unpaired) electrons. The minimum atomic E-state index is -0.198. The van der Waals surface area contributed by atoms with Crippen molar-refractivity contribution in [1.82, 2.24) is 0 Å².